The lowest BCUT2D eigenvalue weighted by Gasteiger charge is -2.24. The standard InChI is InChI=1S/C26H22F3N3O4S/c27-26(28,29)17-32(22-4-2-1-3-5-22)25(34)20-9-11-21(12-10-20)31-23(33)14-19-8-13-24(30-15-19)37(35,36)16-18-6-7-18/h1-6,8-13,15H,7,14,16-17H2,(H,31,33). The number of sulfone groups is 1. The summed E-state index contributed by atoms with van der Waals surface area (Å²) >= 11 is 0. The topological polar surface area (TPSA) is 96.4 Å². The van der Waals surface area contributed by atoms with E-state index in [1.165, 1.54) is 54.7 Å². The number of nitrogens with one attached hydrogen (secondary N) is 1. The van der Waals surface area contributed by atoms with Gasteiger partial charge in [-0.15, -0.1) is 0 Å². The van der Waals surface area contributed by atoms with Crippen LogP contribution in [0.2, 0.25) is 0 Å². The van der Waals surface area contributed by atoms with E-state index in [1.807, 2.05) is 6.08 Å². The summed E-state index contributed by atoms with van der Waals surface area (Å²) in [4.78, 5) is 29.9. The molecule has 3 aromatic rings. The fraction of sp³-hybridized carbons (Fsp3) is 0.192. The Kier molecular flexibility index (Phi) is 7.44. The Bertz CT molecular complexity index is 1420. The number of hydrogen-bond acceptors (Lipinski definition) is 5. The first kappa shape index (κ1) is 26.1. The number of benzene rings is 2. The minimum absolute atomic E-state index is 0.0223. The van der Waals surface area contributed by atoms with Crippen molar-refractivity contribution in [3.63, 3.8) is 0 Å². The molecule has 0 radical (unpaired) electrons. The first-order valence-corrected chi connectivity index (χ1v) is 12.8. The van der Waals surface area contributed by atoms with Crippen molar-refractivity contribution in [3.05, 3.63) is 95.7 Å². The van der Waals surface area contributed by atoms with E-state index in [4.69, 9.17) is 0 Å². The van der Waals surface area contributed by atoms with Gasteiger partial charge in [0.25, 0.3) is 5.91 Å². The van der Waals surface area contributed by atoms with Crippen molar-refractivity contribution in [3.8, 4) is 0 Å². The highest BCUT2D eigenvalue weighted by molar-refractivity contribution is 7.91. The van der Waals surface area contributed by atoms with Crippen LogP contribution in [0.1, 0.15) is 22.3 Å². The van der Waals surface area contributed by atoms with Crippen LogP contribution in [0, 0.1) is 0 Å². The van der Waals surface area contributed by atoms with Gasteiger partial charge in [0.2, 0.25) is 5.91 Å². The molecule has 2 aromatic carbocycles. The Morgan fingerprint density at radius 2 is 1.65 bits per heavy atom. The minimum atomic E-state index is -4.59. The molecule has 0 fully saturated rings. The van der Waals surface area contributed by atoms with E-state index in [0.717, 1.165) is 5.57 Å². The zero-order valence-corrected chi connectivity index (χ0v) is 20.2. The van der Waals surface area contributed by atoms with Crippen LogP contribution in [-0.2, 0) is 21.1 Å². The number of aromatic nitrogens is 1. The zero-order valence-electron chi connectivity index (χ0n) is 19.4. The molecule has 0 bridgehead atoms. The Morgan fingerprint density at radius 3 is 2.22 bits per heavy atom. The largest absolute Gasteiger partial charge is 0.406 e. The zero-order chi connectivity index (χ0) is 26.6. The monoisotopic (exact) mass is 529 g/mol. The molecule has 4 rings (SSSR count). The highest BCUT2D eigenvalue weighted by atomic mass is 32.2. The van der Waals surface area contributed by atoms with Gasteiger partial charge >= 0.3 is 6.18 Å². The molecule has 0 spiro atoms. The number of halogens is 3. The Labute approximate surface area is 211 Å². The molecule has 1 aliphatic rings. The molecule has 2 amide bonds. The number of pyridine rings is 1. The average Bonchev–Trinajstić information content (AvgIpc) is 3.66. The maximum atomic E-state index is 13.1. The van der Waals surface area contributed by atoms with Crippen LogP contribution < -0.4 is 10.2 Å². The number of anilines is 2. The number of carbonyl (C=O) groups is 2. The lowest BCUT2D eigenvalue weighted by atomic mass is 10.1. The number of carbonyl (C=O) groups excluding carboxylic acids is 2. The number of nitrogens with zero attached hydrogens (tertiary/aromatic N) is 2. The molecule has 0 unspecified atom stereocenters. The molecule has 1 aliphatic carbocycles. The van der Waals surface area contributed by atoms with Crippen LogP contribution in [-0.4, -0.2) is 43.7 Å². The van der Waals surface area contributed by atoms with E-state index in [1.54, 1.807) is 18.2 Å². The molecule has 7 nitrogen and oxygen atoms in total. The number of allylic oxidation sites excluding steroid dienone is 1. The number of hydrogen-bond donors (Lipinski definition) is 1. The summed E-state index contributed by atoms with van der Waals surface area (Å²) in [5.41, 5.74) is 1.83. The summed E-state index contributed by atoms with van der Waals surface area (Å²) in [6.45, 7) is -1.44. The Morgan fingerprint density at radius 1 is 0.973 bits per heavy atom. The highest BCUT2D eigenvalue weighted by Crippen LogP contribution is 2.25. The van der Waals surface area contributed by atoms with Crippen LogP contribution in [0.15, 0.2) is 89.6 Å². The third-order valence-corrected chi connectivity index (χ3v) is 7.04. The van der Waals surface area contributed by atoms with Crippen molar-refractivity contribution in [1.82, 2.24) is 4.98 Å². The lowest BCUT2D eigenvalue weighted by molar-refractivity contribution is -0.118. The van der Waals surface area contributed by atoms with Gasteiger partial charge in [0.15, 0.2) is 14.9 Å². The van der Waals surface area contributed by atoms with Crippen molar-refractivity contribution in [1.29, 1.82) is 0 Å². The quantitative estimate of drug-likeness (QED) is 0.410. The van der Waals surface area contributed by atoms with Crippen LogP contribution in [0.3, 0.4) is 0 Å². The summed E-state index contributed by atoms with van der Waals surface area (Å²) < 4.78 is 63.8. The molecule has 1 aromatic heterocycles. The van der Waals surface area contributed by atoms with Crippen molar-refractivity contribution >= 4 is 33.0 Å². The van der Waals surface area contributed by atoms with Crippen LogP contribution in [0.25, 0.3) is 0 Å². The molecule has 0 aliphatic heterocycles. The first-order valence-electron chi connectivity index (χ1n) is 11.2. The molecule has 11 heteroatoms. The van der Waals surface area contributed by atoms with Gasteiger partial charge in [0.1, 0.15) is 6.54 Å². The summed E-state index contributed by atoms with van der Waals surface area (Å²) in [5.74, 6) is -1.31. The number of amides is 2. The second-order valence-electron chi connectivity index (χ2n) is 8.47. The number of para-hydroxylation sites is 1. The summed E-state index contributed by atoms with van der Waals surface area (Å²) in [6.07, 6.45) is -0.807. The van der Waals surface area contributed by atoms with E-state index in [2.05, 4.69) is 10.3 Å². The van der Waals surface area contributed by atoms with Crippen molar-refractivity contribution < 1.29 is 31.2 Å². The van der Waals surface area contributed by atoms with Gasteiger partial charge in [-0.1, -0.05) is 35.9 Å². The van der Waals surface area contributed by atoms with E-state index in [-0.39, 0.29) is 28.5 Å². The second kappa shape index (κ2) is 10.6. The SMILES string of the molecule is O=C(Cc1ccc(S(=O)(=O)CC2=CC2)nc1)Nc1ccc(C(=O)N(CC(F)(F)F)c2ccccc2)cc1. The lowest BCUT2D eigenvalue weighted by Crippen LogP contribution is -2.39. The number of rotatable bonds is 9. The molecule has 1 N–H and O–H groups in total. The average molecular weight is 530 g/mol. The molecular formula is C26H22F3N3O4S. The first-order chi connectivity index (χ1) is 17.5. The predicted molar refractivity (Wildman–Crippen MR) is 132 cm³/mol. The fourth-order valence-electron chi connectivity index (χ4n) is 3.52. The maximum Gasteiger partial charge on any atom is 0.406 e. The van der Waals surface area contributed by atoms with Crippen molar-refractivity contribution in [2.45, 2.75) is 24.0 Å². The van der Waals surface area contributed by atoms with Crippen molar-refractivity contribution in [2.24, 2.45) is 0 Å². The highest BCUT2D eigenvalue weighted by Gasteiger charge is 2.34. The van der Waals surface area contributed by atoms with Gasteiger partial charge in [0.05, 0.1) is 12.2 Å². The van der Waals surface area contributed by atoms with Gasteiger partial charge in [-0.2, -0.15) is 13.2 Å². The Hall–Kier alpha value is -3.99. The van der Waals surface area contributed by atoms with Crippen LogP contribution >= 0.6 is 0 Å². The minimum Gasteiger partial charge on any atom is -0.326 e. The van der Waals surface area contributed by atoms with E-state index >= 15 is 0 Å². The molecule has 0 saturated heterocycles. The normalized spacial score (nSPS) is 13.0. The van der Waals surface area contributed by atoms with E-state index in [0.29, 0.717) is 22.6 Å². The second-order valence-corrected chi connectivity index (χ2v) is 10.4. The molecule has 1 heterocycles. The molecule has 192 valence electrons. The van der Waals surface area contributed by atoms with E-state index in [9.17, 15) is 31.2 Å². The molecule has 37 heavy (non-hydrogen) atoms. The molecular weight excluding hydrogens is 507 g/mol. The van der Waals surface area contributed by atoms with Crippen LogP contribution in [0.4, 0.5) is 24.5 Å². The van der Waals surface area contributed by atoms with Gasteiger partial charge < -0.3 is 5.32 Å². The van der Waals surface area contributed by atoms with Gasteiger partial charge in [-0.05, 0) is 54.4 Å². The molecule has 0 atom stereocenters. The van der Waals surface area contributed by atoms with Crippen molar-refractivity contribution in [2.75, 3.05) is 22.5 Å². The van der Waals surface area contributed by atoms with Gasteiger partial charge in [-0.25, -0.2) is 13.4 Å². The van der Waals surface area contributed by atoms with E-state index < -0.39 is 34.4 Å². The molecule has 0 saturated carbocycles. The van der Waals surface area contributed by atoms with Gasteiger partial charge in [-0.3, -0.25) is 14.5 Å². The third kappa shape index (κ3) is 7.26. The Balaban J connectivity index is 1.38. The smallest absolute Gasteiger partial charge is 0.326 e. The summed E-state index contributed by atoms with van der Waals surface area (Å²) in [6, 6.07) is 15.9. The maximum absolute atomic E-state index is 13.1. The van der Waals surface area contributed by atoms with Crippen LogP contribution in [0.5, 0.6) is 0 Å². The van der Waals surface area contributed by atoms with Gasteiger partial charge in [0, 0.05) is 23.1 Å². The summed E-state index contributed by atoms with van der Waals surface area (Å²) in [5, 5.41) is 2.58. The fourth-order valence-corrected chi connectivity index (χ4v) is 4.88. The summed E-state index contributed by atoms with van der Waals surface area (Å²) in [7, 11) is -3.51. The predicted octanol–water partition coefficient (Wildman–Crippen LogP) is 4.58. The third-order valence-electron chi connectivity index (χ3n) is 5.42. The number of alkyl halides is 3.